The Morgan fingerprint density at radius 2 is 1.81 bits per heavy atom. The van der Waals surface area contributed by atoms with E-state index in [1.165, 1.54) is 0 Å². The maximum atomic E-state index is 12.0. The fourth-order valence-electron chi connectivity index (χ4n) is 1.68. The summed E-state index contributed by atoms with van der Waals surface area (Å²) >= 11 is 0. The van der Waals surface area contributed by atoms with Crippen LogP contribution in [0.15, 0.2) is 24.3 Å². The molecule has 0 aliphatic heterocycles. The van der Waals surface area contributed by atoms with Crippen LogP contribution in [0.25, 0.3) is 0 Å². The largest absolute Gasteiger partial charge is 0.394 e. The van der Waals surface area contributed by atoms with Crippen molar-refractivity contribution >= 4 is 17.5 Å². The number of unbranched alkanes of at least 4 members (excludes halogenated alkanes) is 1. The molecule has 0 saturated carbocycles. The molecule has 0 unspecified atom stereocenters. The quantitative estimate of drug-likeness (QED) is 0.721. The van der Waals surface area contributed by atoms with Crippen LogP contribution in [0.2, 0.25) is 0 Å². The number of aliphatic hydroxyl groups is 1. The molecule has 0 aliphatic rings. The van der Waals surface area contributed by atoms with Crippen molar-refractivity contribution in [1.29, 1.82) is 0 Å². The zero-order valence-corrected chi connectivity index (χ0v) is 12.9. The summed E-state index contributed by atoms with van der Waals surface area (Å²) in [6.45, 7) is 5.39. The van der Waals surface area contributed by atoms with Crippen LogP contribution in [-0.2, 0) is 4.79 Å². The monoisotopic (exact) mass is 292 g/mol. The van der Waals surface area contributed by atoms with Crippen molar-refractivity contribution in [2.75, 3.05) is 11.9 Å². The molecule has 5 nitrogen and oxygen atoms in total. The van der Waals surface area contributed by atoms with E-state index in [1.54, 1.807) is 38.1 Å². The van der Waals surface area contributed by atoms with E-state index in [4.69, 9.17) is 5.11 Å². The van der Waals surface area contributed by atoms with Gasteiger partial charge in [-0.3, -0.25) is 9.59 Å². The second kappa shape index (κ2) is 7.78. The summed E-state index contributed by atoms with van der Waals surface area (Å²) in [6, 6.07) is 6.70. The summed E-state index contributed by atoms with van der Waals surface area (Å²) in [7, 11) is 0. The van der Waals surface area contributed by atoms with Crippen molar-refractivity contribution in [2.45, 2.75) is 45.6 Å². The summed E-state index contributed by atoms with van der Waals surface area (Å²) in [5.74, 6) is -0.270. The van der Waals surface area contributed by atoms with Crippen molar-refractivity contribution in [3.63, 3.8) is 0 Å². The number of benzene rings is 1. The summed E-state index contributed by atoms with van der Waals surface area (Å²) in [5.41, 5.74) is 0.501. The van der Waals surface area contributed by atoms with E-state index in [0.717, 1.165) is 12.8 Å². The summed E-state index contributed by atoms with van der Waals surface area (Å²) < 4.78 is 0. The molecule has 0 radical (unpaired) electrons. The van der Waals surface area contributed by atoms with Crippen molar-refractivity contribution in [2.24, 2.45) is 0 Å². The van der Waals surface area contributed by atoms with Gasteiger partial charge in [0.25, 0.3) is 5.91 Å². The highest BCUT2D eigenvalue weighted by atomic mass is 16.3. The third-order valence-electron chi connectivity index (χ3n) is 3.04. The molecule has 1 rings (SSSR count). The Bertz CT molecular complexity index is 481. The molecule has 0 saturated heterocycles. The molecule has 21 heavy (non-hydrogen) atoms. The molecule has 0 atom stereocenters. The Kier molecular flexibility index (Phi) is 6.37. The van der Waals surface area contributed by atoms with E-state index >= 15 is 0 Å². The molecule has 0 heterocycles. The number of hydrogen-bond acceptors (Lipinski definition) is 3. The summed E-state index contributed by atoms with van der Waals surface area (Å²) in [5, 5.41) is 14.7. The van der Waals surface area contributed by atoms with Gasteiger partial charge in [-0.2, -0.15) is 0 Å². The molecular formula is C16H24N2O3. The van der Waals surface area contributed by atoms with Gasteiger partial charge in [-0.05, 0) is 44.5 Å². The molecular weight excluding hydrogens is 268 g/mol. The fraction of sp³-hybridized carbons (Fsp3) is 0.500. The number of rotatable bonds is 7. The van der Waals surface area contributed by atoms with Crippen LogP contribution >= 0.6 is 0 Å². The minimum Gasteiger partial charge on any atom is -0.394 e. The Morgan fingerprint density at radius 1 is 1.19 bits per heavy atom. The SMILES string of the molecule is CCCCC(=O)Nc1ccc(C(=O)NC(C)(C)CO)cc1. The Morgan fingerprint density at radius 3 is 2.33 bits per heavy atom. The molecule has 0 fully saturated rings. The zero-order chi connectivity index (χ0) is 15.9. The topological polar surface area (TPSA) is 78.4 Å². The van der Waals surface area contributed by atoms with E-state index in [0.29, 0.717) is 17.7 Å². The average molecular weight is 292 g/mol. The van der Waals surface area contributed by atoms with Crippen LogP contribution in [0.5, 0.6) is 0 Å². The van der Waals surface area contributed by atoms with Crippen molar-refractivity contribution < 1.29 is 14.7 Å². The summed E-state index contributed by atoms with van der Waals surface area (Å²) in [6.07, 6.45) is 2.35. The smallest absolute Gasteiger partial charge is 0.251 e. The normalized spacial score (nSPS) is 11.0. The first-order chi connectivity index (χ1) is 9.88. The number of aliphatic hydroxyl groups excluding tert-OH is 1. The second-order valence-corrected chi connectivity index (χ2v) is 5.73. The first-order valence-corrected chi connectivity index (χ1v) is 7.21. The van der Waals surface area contributed by atoms with Crippen LogP contribution in [0.1, 0.15) is 50.4 Å². The highest BCUT2D eigenvalue weighted by Crippen LogP contribution is 2.12. The van der Waals surface area contributed by atoms with Gasteiger partial charge < -0.3 is 15.7 Å². The number of hydrogen-bond donors (Lipinski definition) is 3. The van der Waals surface area contributed by atoms with Gasteiger partial charge in [0.05, 0.1) is 12.1 Å². The molecule has 0 bridgehead atoms. The first-order valence-electron chi connectivity index (χ1n) is 7.21. The van der Waals surface area contributed by atoms with E-state index < -0.39 is 5.54 Å². The van der Waals surface area contributed by atoms with E-state index in [9.17, 15) is 9.59 Å². The number of carbonyl (C=O) groups is 2. The lowest BCUT2D eigenvalue weighted by atomic mass is 10.1. The van der Waals surface area contributed by atoms with Crippen LogP contribution < -0.4 is 10.6 Å². The molecule has 2 amide bonds. The third-order valence-corrected chi connectivity index (χ3v) is 3.04. The van der Waals surface area contributed by atoms with E-state index in [1.807, 2.05) is 6.92 Å². The van der Waals surface area contributed by atoms with Crippen LogP contribution in [0, 0.1) is 0 Å². The lowest BCUT2D eigenvalue weighted by Gasteiger charge is -2.23. The van der Waals surface area contributed by atoms with Crippen LogP contribution in [0.3, 0.4) is 0 Å². The number of anilines is 1. The minimum absolute atomic E-state index is 0.0181. The second-order valence-electron chi connectivity index (χ2n) is 5.73. The molecule has 116 valence electrons. The number of carbonyl (C=O) groups excluding carboxylic acids is 2. The van der Waals surface area contributed by atoms with Crippen LogP contribution in [-0.4, -0.2) is 29.1 Å². The van der Waals surface area contributed by atoms with Gasteiger partial charge in [-0.25, -0.2) is 0 Å². The van der Waals surface area contributed by atoms with Crippen molar-refractivity contribution in [3.8, 4) is 0 Å². The van der Waals surface area contributed by atoms with Gasteiger partial charge in [0.1, 0.15) is 0 Å². The molecule has 1 aromatic carbocycles. The number of nitrogens with one attached hydrogen (secondary N) is 2. The molecule has 3 N–H and O–H groups in total. The molecule has 0 aromatic heterocycles. The number of amides is 2. The highest BCUT2D eigenvalue weighted by Gasteiger charge is 2.19. The van der Waals surface area contributed by atoms with Crippen molar-refractivity contribution in [1.82, 2.24) is 5.32 Å². The predicted octanol–water partition coefficient (Wildman–Crippen LogP) is 2.32. The van der Waals surface area contributed by atoms with Gasteiger partial charge in [-0.15, -0.1) is 0 Å². The standard InChI is InChI=1S/C16H24N2O3/c1-4-5-6-14(20)17-13-9-7-12(8-10-13)15(21)18-16(2,3)11-19/h7-10,19H,4-6,11H2,1-3H3,(H,17,20)(H,18,21). The van der Waals surface area contributed by atoms with Crippen molar-refractivity contribution in [3.05, 3.63) is 29.8 Å². The van der Waals surface area contributed by atoms with Gasteiger partial charge in [0.15, 0.2) is 0 Å². The summed E-state index contributed by atoms with van der Waals surface area (Å²) in [4.78, 5) is 23.6. The minimum atomic E-state index is -0.663. The third kappa shape index (κ3) is 5.95. The molecule has 1 aromatic rings. The average Bonchev–Trinajstić information content (AvgIpc) is 2.45. The lowest BCUT2D eigenvalue weighted by molar-refractivity contribution is -0.116. The van der Waals surface area contributed by atoms with Crippen LogP contribution in [0.4, 0.5) is 5.69 Å². The van der Waals surface area contributed by atoms with Gasteiger partial charge >= 0.3 is 0 Å². The molecule has 5 heteroatoms. The van der Waals surface area contributed by atoms with Gasteiger partial charge in [0.2, 0.25) is 5.91 Å². The first kappa shape index (κ1) is 17.2. The maximum Gasteiger partial charge on any atom is 0.251 e. The molecule has 0 spiro atoms. The zero-order valence-electron chi connectivity index (χ0n) is 12.9. The van der Waals surface area contributed by atoms with E-state index in [-0.39, 0.29) is 18.4 Å². The Hall–Kier alpha value is -1.88. The van der Waals surface area contributed by atoms with Gasteiger partial charge in [0, 0.05) is 17.7 Å². The highest BCUT2D eigenvalue weighted by molar-refractivity contribution is 5.96. The Balaban J connectivity index is 2.61. The fourth-order valence-corrected chi connectivity index (χ4v) is 1.68. The maximum absolute atomic E-state index is 12.0. The lowest BCUT2D eigenvalue weighted by Crippen LogP contribution is -2.46. The van der Waals surface area contributed by atoms with Gasteiger partial charge in [-0.1, -0.05) is 13.3 Å². The Labute approximate surface area is 125 Å². The van der Waals surface area contributed by atoms with E-state index in [2.05, 4.69) is 10.6 Å². The molecule has 0 aliphatic carbocycles. The predicted molar refractivity (Wildman–Crippen MR) is 83.2 cm³/mol.